The van der Waals surface area contributed by atoms with Crippen LogP contribution in [0, 0.1) is 11.8 Å². The fraction of sp³-hybridized carbons (Fsp3) is 0.842. The van der Waals surface area contributed by atoms with Crippen molar-refractivity contribution in [3.05, 3.63) is 12.2 Å². The normalized spacial score (nSPS) is 31.5. The van der Waals surface area contributed by atoms with Gasteiger partial charge in [-0.05, 0) is 24.8 Å². The van der Waals surface area contributed by atoms with Gasteiger partial charge in [0.2, 0.25) is 0 Å². The van der Waals surface area contributed by atoms with Gasteiger partial charge < -0.3 is 14.2 Å². The van der Waals surface area contributed by atoms with Crippen LogP contribution in [0.25, 0.3) is 0 Å². The standard InChI is InChI=1S/C19H30O4/c1-2-3-4-5-6-10-19(21-12-13-22-19)11-9-15-7-8-17-16(15)14-18(20)23-17/h7-8,15-17H,2-6,9-14H2,1H3/t15-,16?,17?/m1/s1. The first-order valence-electron chi connectivity index (χ1n) is 9.38. The largest absolute Gasteiger partial charge is 0.458 e. The SMILES string of the molecule is CCCCCCCC1(CC[C@H]2C=CC3OC(=O)CC32)OCCO1. The van der Waals surface area contributed by atoms with E-state index in [4.69, 9.17) is 14.2 Å². The highest BCUT2D eigenvalue weighted by Gasteiger charge is 2.43. The molecule has 0 amide bonds. The lowest BCUT2D eigenvalue weighted by molar-refractivity contribution is -0.170. The van der Waals surface area contributed by atoms with Crippen LogP contribution in [0.1, 0.15) is 64.7 Å². The fourth-order valence-corrected chi connectivity index (χ4v) is 4.17. The number of fused-ring (bicyclic) bond motifs is 1. The van der Waals surface area contributed by atoms with Crippen LogP contribution in [0.5, 0.6) is 0 Å². The molecule has 4 nitrogen and oxygen atoms in total. The summed E-state index contributed by atoms with van der Waals surface area (Å²) in [4.78, 5) is 11.4. The van der Waals surface area contributed by atoms with Crippen molar-refractivity contribution in [2.75, 3.05) is 13.2 Å². The fourth-order valence-electron chi connectivity index (χ4n) is 4.17. The third kappa shape index (κ3) is 4.16. The summed E-state index contributed by atoms with van der Waals surface area (Å²) in [5, 5.41) is 0. The summed E-state index contributed by atoms with van der Waals surface area (Å²) in [7, 11) is 0. The van der Waals surface area contributed by atoms with Gasteiger partial charge in [0.25, 0.3) is 0 Å². The lowest BCUT2D eigenvalue weighted by atomic mass is 9.86. The molecule has 2 saturated heterocycles. The van der Waals surface area contributed by atoms with Gasteiger partial charge in [0.05, 0.1) is 19.6 Å². The first-order valence-corrected chi connectivity index (χ1v) is 9.38. The molecule has 4 heteroatoms. The number of carbonyl (C=O) groups excluding carboxylic acids is 1. The number of unbranched alkanes of at least 4 members (excludes halogenated alkanes) is 4. The second kappa shape index (κ2) is 7.80. The molecule has 3 atom stereocenters. The Morgan fingerprint density at radius 3 is 2.65 bits per heavy atom. The van der Waals surface area contributed by atoms with E-state index < -0.39 is 0 Å². The second-order valence-electron chi connectivity index (χ2n) is 7.18. The van der Waals surface area contributed by atoms with Gasteiger partial charge in [-0.2, -0.15) is 0 Å². The molecule has 130 valence electrons. The summed E-state index contributed by atoms with van der Waals surface area (Å²) in [6, 6.07) is 0. The number of ether oxygens (including phenoxy) is 3. The Morgan fingerprint density at radius 2 is 1.87 bits per heavy atom. The smallest absolute Gasteiger partial charge is 0.306 e. The highest BCUT2D eigenvalue weighted by molar-refractivity contribution is 5.73. The lowest BCUT2D eigenvalue weighted by Gasteiger charge is -2.29. The third-order valence-electron chi connectivity index (χ3n) is 5.52. The summed E-state index contributed by atoms with van der Waals surface area (Å²) in [5.74, 6) is 0.344. The molecule has 0 radical (unpaired) electrons. The van der Waals surface area contributed by atoms with Crippen molar-refractivity contribution in [3.8, 4) is 0 Å². The minimum Gasteiger partial charge on any atom is -0.458 e. The van der Waals surface area contributed by atoms with Crippen LogP contribution >= 0.6 is 0 Å². The maximum Gasteiger partial charge on any atom is 0.306 e. The van der Waals surface area contributed by atoms with Crippen molar-refractivity contribution in [1.82, 2.24) is 0 Å². The Labute approximate surface area is 139 Å². The van der Waals surface area contributed by atoms with Gasteiger partial charge in [-0.1, -0.05) is 38.7 Å². The van der Waals surface area contributed by atoms with Crippen LogP contribution in [0.3, 0.4) is 0 Å². The molecule has 0 aromatic rings. The van der Waals surface area contributed by atoms with E-state index in [9.17, 15) is 4.79 Å². The predicted octanol–water partition coefficient (Wildman–Crippen LogP) is 3.99. The molecule has 3 rings (SSSR count). The van der Waals surface area contributed by atoms with Gasteiger partial charge in [-0.3, -0.25) is 4.79 Å². The predicted molar refractivity (Wildman–Crippen MR) is 87.9 cm³/mol. The van der Waals surface area contributed by atoms with Crippen molar-refractivity contribution >= 4 is 5.97 Å². The maximum absolute atomic E-state index is 11.4. The Bertz CT molecular complexity index is 425. The zero-order valence-corrected chi connectivity index (χ0v) is 14.3. The van der Waals surface area contributed by atoms with E-state index in [1.165, 1.54) is 32.1 Å². The minimum atomic E-state index is -0.373. The van der Waals surface area contributed by atoms with Crippen LogP contribution in [0.4, 0.5) is 0 Å². The van der Waals surface area contributed by atoms with E-state index >= 15 is 0 Å². The molecule has 0 saturated carbocycles. The summed E-state index contributed by atoms with van der Waals surface area (Å²) >= 11 is 0. The number of hydrogen-bond acceptors (Lipinski definition) is 4. The monoisotopic (exact) mass is 322 g/mol. The quantitative estimate of drug-likeness (QED) is 0.366. The minimum absolute atomic E-state index is 0.0166. The third-order valence-corrected chi connectivity index (χ3v) is 5.52. The zero-order valence-electron chi connectivity index (χ0n) is 14.3. The molecular weight excluding hydrogens is 292 g/mol. The average molecular weight is 322 g/mol. The van der Waals surface area contributed by atoms with Gasteiger partial charge in [0.15, 0.2) is 5.79 Å². The van der Waals surface area contributed by atoms with E-state index in [0.717, 1.165) is 19.3 Å². The van der Waals surface area contributed by atoms with E-state index in [0.29, 0.717) is 31.5 Å². The number of rotatable bonds is 9. The average Bonchev–Trinajstić information content (AvgIpc) is 3.22. The number of hydrogen-bond donors (Lipinski definition) is 0. The Hall–Kier alpha value is -0.870. The van der Waals surface area contributed by atoms with E-state index in [1.807, 2.05) is 0 Å². The summed E-state index contributed by atoms with van der Waals surface area (Å²) in [6.45, 7) is 3.66. The number of carbonyl (C=O) groups is 1. The molecule has 0 aromatic heterocycles. The molecule has 3 aliphatic rings. The number of esters is 1. The zero-order chi connectivity index (χ0) is 16.1. The maximum atomic E-state index is 11.4. The van der Waals surface area contributed by atoms with Crippen LogP contribution < -0.4 is 0 Å². The van der Waals surface area contributed by atoms with Gasteiger partial charge >= 0.3 is 5.97 Å². The van der Waals surface area contributed by atoms with Crippen LogP contribution in [-0.2, 0) is 19.0 Å². The van der Waals surface area contributed by atoms with Gasteiger partial charge in [0, 0.05) is 18.8 Å². The number of allylic oxidation sites excluding steroid dienone is 1. The molecule has 0 N–H and O–H groups in total. The van der Waals surface area contributed by atoms with Gasteiger partial charge in [-0.25, -0.2) is 0 Å². The summed E-state index contributed by atoms with van der Waals surface area (Å²) in [6.07, 6.45) is 14.1. The molecular formula is C19H30O4. The highest BCUT2D eigenvalue weighted by Crippen LogP contribution is 2.41. The summed E-state index contributed by atoms with van der Waals surface area (Å²) in [5.41, 5.74) is 0. The van der Waals surface area contributed by atoms with Crippen LogP contribution in [0.15, 0.2) is 12.2 Å². The lowest BCUT2D eigenvalue weighted by Crippen LogP contribution is -2.31. The molecule has 23 heavy (non-hydrogen) atoms. The summed E-state index contributed by atoms with van der Waals surface area (Å²) < 4.78 is 17.3. The Kier molecular flexibility index (Phi) is 5.76. The van der Waals surface area contributed by atoms with Gasteiger partial charge in [0.1, 0.15) is 6.10 Å². The highest BCUT2D eigenvalue weighted by atomic mass is 16.7. The molecule has 2 aliphatic heterocycles. The molecule has 0 spiro atoms. The van der Waals surface area contributed by atoms with Crippen molar-refractivity contribution in [1.29, 1.82) is 0 Å². The first kappa shape index (κ1) is 17.0. The van der Waals surface area contributed by atoms with Crippen molar-refractivity contribution < 1.29 is 19.0 Å². The Morgan fingerprint density at radius 1 is 1.09 bits per heavy atom. The van der Waals surface area contributed by atoms with E-state index in [-0.39, 0.29) is 17.9 Å². The van der Waals surface area contributed by atoms with Gasteiger partial charge in [-0.15, -0.1) is 0 Å². The molecule has 2 heterocycles. The molecule has 2 unspecified atom stereocenters. The molecule has 0 aromatic carbocycles. The van der Waals surface area contributed by atoms with E-state index in [2.05, 4.69) is 19.1 Å². The van der Waals surface area contributed by atoms with Crippen LogP contribution in [-0.4, -0.2) is 31.1 Å². The Balaban J connectivity index is 1.46. The second-order valence-corrected chi connectivity index (χ2v) is 7.18. The van der Waals surface area contributed by atoms with Crippen LogP contribution in [0.2, 0.25) is 0 Å². The molecule has 0 bridgehead atoms. The molecule has 1 aliphatic carbocycles. The molecule has 2 fully saturated rings. The van der Waals surface area contributed by atoms with Crippen molar-refractivity contribution in [2.24, 2.45) is 11.8 Å². The van der Waals surface area contributed by atoms with E-state index in [1.54, 1.807) is 0 Å². The topological polar surface area (TPSA) is 44.8 Å². The van der Waals surface area contributed by atoms with Crippen molar-refractivity contribution in [2.45, 2.75) is 76.6 Å². The first-order chi connectivity index (χ1) is 11.2. The van der Waals surface area contributed by atoms with Crippen molar-refractivity contribution in [3.63, 3.8) is 0 Å².